The van der Waals surface area contributed by atoms with Gasteiger partial charge in [0.1, 0.15) is 17.4 Å². The zero-order valence-corrected chi connectivity index (χ0v) is 21.8. The standard InChI is InChI=1S/C26H29FN4O6S/c1-16(2)12-20(30-26(34)23-14-17-13-18(27)8-9-22(17)37-23)25(33)29-19-6-5-11-31(15-21(19)32)38(35,36)24-7-3-4-10-28-24/h3-4,7-10,13-14,16,19-20H,5-6,11-12,15H2,1-2H3,(H,29,33)(H,30,34)/t19?,20-/m0/s1. The van der Waals surface area contributed by atoms with E-state index in [-0.39, 0.29) is 36.1 Å². The molecule has 0 radical (unpaired) electrons. The first kappa shape index (κ1) is 27.4. The van der Waals surface area contributed by atoms with Crippen molar-refractivity contribution in [1.29, 1.82) is 0 Å². The molecule has 0 saturated carbocycles. The summed E-state index contributed by atoms with van der Waals surface area (Å²) in [5.74, 6) is -2.19. The van der Waals surface area contributed by atoms with Crippen LogP contribution in [0, 0.1) is 11.7 Å². The van der Waals surface area contributed by atoms with Crippen molar-refractivity contribution in [1.82, 2.24) is 19.9 Å². The number of sulfonamides is 1. The van der Waals surface area contributed by atoms with Gasteiger partial charge in [-0.3, -0.25) is 14.4 Å². The van der Waals surface area contributed by atoms with Crippen LogP contribution in [0.25, 0.3) is 11.0 Å². The number of hydrogen-bond donors (Lipinski definition) is 2. The van der Waals surface area contributed by atoms with Crippen molar-refractivity contribution in [2.45, 2.75) is 50.2 Å². The summed E-state index contributed by atoms with van der Waals surface area (Å²) in [5.41, 5.74) is 0.329. The first-order valence-electron chi connectivity index (χ1n) is 12.3. The second-order valence-corrected chi connectivity index (χ2v) is 11.5. The highest BCUT2D eigenvalue weighted by Crippen LogP contribution is 2.21. The number of ketones is 1. The predicted molar refractivity (Wildman–Crippen MR) is 136 cm³/mol. The number of rotatable bonds is 8. The summed E-state index contributed by atoms with van der Waals surface area (Å²) >= 11 is 0. The number of nitrogens with zero attached hydrogens (tertiary/aromatic N) is 2. The Kier molecular flexibility index (Phi) is 8.22. The molecular weight excluding hydrogens is 515 g/mol. The van der Waals surface area contributed by atoms with E-state index in [0.29, 0.717) is 17.4 Å². The largest absolute Gasteiger partial charge is 0.451 e. The van der Waals surface area contributed by atoms with Crippen LogP contribution in [0.15, 0.2) is 58.1 Å². The highest BCUT2D eigenvalue weighted by atomic mass is 32.2. The number of carbonyl (C=O) groups excluding carboxylic acids is 3. The maximum Gasteiger partial charge on any atom is 0.287 e. The van der Waals surface area contributed by atoms with Crippen molar-refractivity contribution in [3.63, 3.8) is 0 Å². The molecule has 1 fully saturated rings. The minimum atomic E-state index is -3.97. The molecule has 1 aliphatic heterocycles. The van der Waals surface area contributed by atoms with E-state index in [0.717, 1.165) is 4.31 Å². The molecule has 4 rings (SSSR count). The topological polar surface area (TPSA) is 139 Å². The summed E-state index contributed by atoms with van der Waals surface area (Å²) in [6.07, 6.45) is 2.24. The van der Waals surface area contributed by atoms with Crippen LogP contribution >= 0.6 is 0 Å². The van der Waals surface area contributed by atoms with Crippen LogP contribution in [0.3, 0.4) is 0 Å². The van der Waals surface area contributed by atoms with E-state index in [1.54, 1.807) is 12.1 Å². The molecule has 0 bridgehead atoms. The monoisotopic (exact) mass is 544 g/mol. The Labute approximate surface area is 219 Å². The highest BCUT2D eigenvalue weighted by molar-refractivity contribution is 7.89. The van der Waals surface area contributed by atoms with E-state index in [2.05, 4.69) is 15.6 Å². The maximum absolute atomic E-state index is 13.5. The number of furan rings is 1. The molecule has 2 atom stereocenters. The Morgan fingerprint density at radius 2 is 2.00 bits per heavy atom. The van der Waals surface area contributed by atoms with Crippen LogP contribution in [0.5, 0.6) is 0 Å². The lowest BCUT2D eigenvalue weighted by Gasteiger charge is -2.23. The number of halogens is 1. The highest BCUT2D eigenvalue weighted by Gasteiger charge is 2.35. The van der Waals surface area contributed by atoms with Crippen molar-refractivity contribution >= 4 is 38.6 Å². The van der Waals surface area contributed by atoms with E-state index in [1.165, 1.54) is 36.5 Å². The van der Waals surface area contributed by atoms with Crippen molar-refractivity contribution in [2.24, 2.45) is 5.92 Å². The quantitative estimate of drug-likeness (QED) is 0.445. The predicted octanol–water partition coefficient (Wildman–Crippen LogP) is 2.65. The Balaban J connectivity index is 1.44. The first-order valence-corrected chi connectivity index (χ1v) is 13.7. The summed E-state index contributed by atoms with van der Waals surface area (Å²) in [6, 6.07) is 7.88. The average molecular weight is 545 g/mol. The molecule has 1 saturated heterocycles. The minimum absolute atomic E-state index is 0.0275. The van der Waals surface area contributed by atoms with Crippen LogP contribution in [0.2, 0.25) is 0 Å². The van der Waals surface area contributed by atoms with Gasteiger partial charge in [0.15, 0.2) is 16.6 Å². The molecule has 38 heavy (non-hydrogen) atoms. The number of nitrogens with one attached hydrogen (secondary N) is 2. The van der Waals surface area contributed by atoms with E-state index in [1.807, 2.05) is 13.8 Å². The van der Waals surface area contributed by atoms with Gasteiger partial charge in [0.05, 0.1) is 12.6 Å². The fraction of sp³-hybridized carbons (Fsp3) is 0.385. The number of hydrogen-bond acceptors (Lipinski definition) is 7. The van der Waals surface area contributed by atoms with Gasteiger partial charge in [0.25, 0.3) is 15.9 Å². The third kappa shape index (κ3) is 6.25. The minimum Gasteiger partial charge on any atom is -0.451 e. The Morgan fingerprint density at radius 1 is 1.21 bits per heavy atom. The summed E-state index contributed by atoms with van der Waals surface area (Å²) in [7, 11) is -3.97. The molecule has 1 unspecified atom stereocenters. The van der Waals surface area contributed by atoms with Crippen LogP contribution in [0.4, 0.5) is 4.39 Å². The van der Waals surface area contributed by atoms with Crippen LogP contribution in [0.1, 0.15) is 43.7 Å². The first-order chi connectivity index (χ1) is 18.0. The van der Waals surface area contributed by atoms with E-state index >= 15 is 0 Å². The Bertz CT molecular complexity index is 1440. The number of Topliss-reactive ketones (excluding diaryl/α,β-unsaturated/α-hetero) is 1. The zero-order valence-electron chi connectivity index (χ0n) is 21.0. The molecule has 2 N–H and O–H groups in total. The molecule has 3 heterocycles. The van der Waals surface area contributed by atoms with Gasteiger partial charge >= 0.3 is 0 Å². The average Bonchev–Trinajstić information content (AvgIpc) is 3.21. The molecule has 10 nitrogen and oxygen atoms in total. The number of fused-ring (bicyclic) bond motifs is 1. The van der Waals surface area contributed by atoms with Gasteiger partial charge in [-0.2, -0.15) is 4.31 Å². The maximum atomic E-state index is 13.5. The molecule has 0 spiro atoms. The van der Waals surface area contributed by atoms with Crippen LogP contribution in [-0.2, 0) is 19.6 Å². The van der Waals surface area contributed by atoms with Gasteiger partial charge in [-0.1, -0.05) is 19.9 Å². The molecule has 2 amide bonds. The molecule has 0 aliphatic carbocycles. The van der Waals surface area contributed by atoms with Crippen molar-refractivity contribution in [3.05, 3.63) is 60.2 Å². The van der Waals surface area contributed by atoms with Gasteiger partial charge in [0, 0.05) is 18.1 Å². The Hall–Kier alpha value is -3.64. The molecule has 3 aromatic rings. The van der Waals surface area contributed by atoms with Gasteiger partial charge in [-0.25, -0.2) is 17.8 Å². The third-order valence-electron chi connectivity index (χ3n) is 6.21. The summed E-state index contributed by atoms with van der Waals surface area (Å²) < 4.78 is 45.9. The lowest BCUT2D eigenvalue weighted by Crippen LogP contribution is -2.52. The molecular formula is C26H29FN4O6S. The zero-order chi connectivity index (χ0) is 27.4. The molecule has 1 aliphatic rings. The lowest BCUT2D eigenvalue weighted by molar-refractivity contribution is -0.129. The van der Waals surface area contributed by atoms with E-state index in [4.69, 9.17) is 4.42 Å². The van der Waals surface area contributed by atoms with Gasteiger partial charge in [0.2, 0.25) is 5.91 Å². The van der Waals surface area contributed by atoms with Crippen LogP contribution < -0.4 is 10.6 Å². The second-order valence-electron chi connectivity index (χ2n) is 9.62. The smallest absolute Gasteiger partial charge is 0.287 e. The van der Waals surface area contributed by atoms with Crippen LogP contribution in [-0.4, -0.2) is 60.5 Å². The van der Waals surface area contributed by atoms with Crippen molar-refractivity contribution in [2.75, 3.05) is 13.1 Å². The van der Waals surface area contributed by atoms with E-state index < -0.39 is 52.1 Å². The number of pyridine rings is 1. The normalized spacial score (nSPS) is 17.8. The summed E-state index contributed by atoms with van der Waals surface area (Å²) in [6.45, 7) is 3.47. The number of amides is 2. The SMILES string of the molecule is CC(C)C[C@H](NC(=O)c1cc2cc(F)ccc2o1)C(=O)NC1CCCN(S(=O)(=O)c2ccccn2)CC1=O. The Morgan fingerprint density at radius 3 is 2.71 bits per heavy atom. The van der Waals surface area contributed by atoms with Crippen molar-refractivity contribution < 1.29 is 31.6 Å². The summed E-state index contributed by atoms with van der Waals surface area (Å²) in [5, 5.41) is 5.61. The van der Waals surface area contributed by atoms with Crippen molar-refractivity contribution in [3.8, 4) is 0 Å². The fourth-order valence-corrected chi connectivity index (χ4v) is 5.69. The second kappa shape index (κ2) is 11.4. The lowest BCUT2D eigenvalue weighted by atomic mass is 10.0. The molecule has 12 heteroatoms. The molecule has 1 aromatic carbocycles. The van der Waals surface area contributed by atoms with Gasteiger partial charge < -0.3 is 15.1 Å². The number of carbonyl (C=O) groups is 3. The summed E-state index contributed by atoms with van der Waals surface area (Å²) in [4.78, 5) is 42.9. The number of benzene rings is 1. The van der Waals surface area contributed by atoms with Gasteiger partial charge in [-0.05, 0) is 61.6 Å². The van der Waals surface area contributed by atoms with Gasteiger partial charge in [-0.15, -0.1) is 0 Å². The third-order valence-corrected chi connectivity index (χ3v) is 7.97. The number of aromatic nitrogens is 1. The fourth-order valence-electron chi connectivity index (χ4n) is 4.32. The van der Waals surface area contributed by atoms with E-state index in [9.17, 15) is 27.2 Å². The molecule has 202 valence electrons. The molecule has 2 aromatic heterocycles.